The van der Waals surface area contributed by atoms with Crippen molar-refractivity contribution >= 4 is 6.09 Å². The Labute approximate surface area is 129 Å². The van der Waals surface area contributed by atoms with Crippen molar-refractivity contribution in [3.05, 3.63) is 35.6 Å². The Morgan fingerprint density at radius 1 is 1.32 bits per heavy atom. The first kappa shape index (κ1) is 16.7. The minimum atomic E-state index is -1.11. The van der Waals surface area contributed by atoms with Gasteiger partial charge in [0.15, 0.2) is 0 Å². The van der Waals surface area contributed by atoms with Crippen LogP contribution in [0.3, 0.4) is 0 Å². The Morgan fingerprint density at radius 3 is 2.55 bits per heavy atom. The number of aliphatic hydroxyl groups is 1. The number of β-amino-alcohol motifs (C(OH)–C–C–N with tert-alkyl or cyclic N) is 1. The summed E-state index contributed by atoms with van der Waals surface area (Å²) in [6.07, 6.45) is 1.24. The lowest BCUT2D eigenvalue weighted by Crippen LogP contribution is -2.43. The standard InChI is InChI=1S/C16H23FN2O3/c17-14-3-1-12(2-4-14)9-13-5-7-19(8-6-13)11-15(20)10-18-16(21)22/h1-4,13,15,18,20H,5-11H2,(H,21,22). The van der Waals surface area contributed by atoms with Gasteiger partial charge in [-0.15, -0.1) is 0 Å². The summed E-state index contributed by atoms with van der Waals surface area (Å²) in [6.45, 7) is 2.35. The maximum Gasteiger partial charge on any atom is 0.404 e. The van der Waals surface area contributed by atoms with Gasteiger partial charge in [0.1, 0.15) is 5.82 Å². The molecule has 0 spiro atoms. The highest BCUT2D eigenvalue weighted by atomic mass is 19.1. The lowest BCUT2D eigenvalue weighted by Gasteiger charge is -2.33. The lowest BCUT2D eigenvalue weighted by molar-refractivity contribution is 0.0877. The minimum absolute atomic E-state index is 0.0604. The van der Waals surface area contributed by atoms with Gasteiger partial charge in [-0.05, 0) is 56.0 Å². The maximum atomic E-state index is 12.9. The summed E-state index contributed by atoms with van der Waals surface area (Å²) in [5.74, 6) is 0.374. The molecule has 1 aliphatic rings. The second-order valence-corrected chi connectivity index (χ2v) is 5.91. The van der Waals surface area contributed by atoms with Gasteiger partial charge in [0.25, 0.3) is 0 Å². The molecule has 1 atom stereocenters. The van der Waals surface area contributed by atoms with Crippen LogP contribution in [0.15, 0.2) is 24.3 Å². The predicted molar refractivity (Wildman–Crippen MR) is 81.3 cm³/mol. The van der Waals surface area contributed by atoms with Crippen molar-refractivity contribution in [2.75, 3.05) is 26.2 Å². The zero-order valence-corrected chi connectivity index (χ0v) is 12.5. The number of hydrogen-bond acceptors (Lipinski definition) is 3. The molecule has 0 aliphatic carbocycles. The van der Waals surface area contributed by atoms with E-state index in [2.05, 4.69) is 10.2 Å². The summed E-state index contributed by atoms with van der Waals surface area (Å²) < 4.78 is 12.9. The molecule has 1 aromatic carbocycles. The fourth-order valence-corrected chi connectivity index (χ4v) is 2.89. The summed E-state index contributed by atoms with van der Waals surface area (Å²) in [7, 11) is 0. The molecule has 122 valence electrons. The Morgan fingerprint density at radius 2 is 1.95 bits per heavy atom. The number of carbonyl (C=O) groups is 1. The predicted octanol–water partition coefficient (Wildman–Crippen LogP) is 1.71. The molecule has 22 heavy (non-hydrogen) atoms. The molecule has 2 rings (SSSR count). The van der Waals surface area contributed by atoms with Crippen LogP contribution in [-0.2, 0) is 6.42 Å². The van der Waals surface area contributed by atoms with Gasteiger partial charge in [-0.1, -0.05) is 12.1 Å². The minimum Gasteiger partial charge on any atom is -0.465 e. The summed E-state index contributed by atoms with van der Waals surface area (Å²) in [5.41, 5.74) is 1.16. The molecule has 5 nitrogen and oxygen atoms in total. The summed E-state index contributed by atoms with van der Waals surface area (Å²) in [4.78, 5) is 12.5. The largest absolute Gasteiger partial charge is 0.465 e. The van der Waals surface area contributed by atoms with Crippen molar-refractivity contribution in [3.63, 3.8) is 0 Å². The van der Waals surface area contributed by atoms with Gasteiger partial charge < -0.3 is 20.4 Å². The summed E-state index contributed by atoms with van der Waals surface area (Å²) in [5, 5.41) is 20.5. The van der Waals surface area contributed by atoms with Gasteiger partial charge in [0.05, 0.1) is 6.10 Å². The van der Waals surface area contributed by atoms with E-state index in [-0.39, 0.29) is 12.4 Å². The van der Waals surface area contributed by atoms with E-state index in [0.29, 0.717) is 12.5 Å². The van der Waals surface area contributed by atoms with E-state index in [1.54, 1.807) is 0 Å². The third-order valence-corrected chi connectivity index (χ3v) is 4.10. The van der Waals surface area contributed by atoms with Gasteiger partial charge in [0, 0.05) is 13.1 Å². The monoisotopic (exact) mass is 310 g/mol. The highest BCUT2D eigenvalue weighted by Crippen LogP contribution is 2.21. The Bertz CT molecular complexity index is 473. The number of piperidine rings is 1. The highest BCUT2D eigenvalue weighted by molar-refractivity contribution is 5.64. The molecule has 0 bridgehead atoms. The first-order chi connectivity index (χ1) is 10.5. The number of hydrogen-bond donors (Lipinski definition) is 3. The Hall–Kier alpha value is -1.66. The van der Waals surface area contributed by atoms with Crippen LogP contribution in [0.1, 0.15) is 18.4 Å². The van der Waals surface area contributed by atoms with Crippen molar-refractivity contribution in [2.24, 2.45) is 5.92 Å². The number of carboxylic acid groups (broad SMARTS) is 1. The van der Waals surface area contributed by atoms with Crippen LogP contribution in [0.2, 0.25) is 0 Å². The van der Waals surface area contributed by atoms with Crippen molar-refractivity contribution in [1.29, 1.82) is 0 Å². The number of benzene rings is 1. The molecule has 0 saturated carbocycles. The van der Waals surface area contributed by atoms with Crippen LogP contribution in [-0.4, -0.2) is 53.5 Å². The van der Waals surface area contributed by atoms with Crippen LogP contribution < -0.4 is 5.32 Å². The number of aliphatic hydroxyl groups excluding tert-OH is 1. The number of amides is 1. The number of rotatable bonds is 6. The van der Waals surface area contributed by atoms with Crippen LogP contribution >= 0.6 is 0 Å². The molecular weight excluding hydrogens is 287 g/mol. The molecule has 6 heteroatoms. The molecule has 1 fully saturated rings. The van der Waals surface area contributed by atoms with Crippen LogP contribution in [0.5, 0.6) is 0 Å². The second-order valence-electron chi connectivity index (χ2n) is 5.91. The number of nitrogens with zero attached hydrogens (tertiary/aromatic N) is 1. The first-order valence-electron chi connectivity index (χ1n) is 7.64. The molecule has 1 unspecified atom stereocenters. The third kappa shape index (κ3) is 5.61. The fourth-order valence-electron chi connectivity index (χ4n) is 2.89. The van der Waals surface area contributed by atoms with Crippen molar-refractivity contribution < 1.29 is 19.4 Å². The van der Waals surface area contributed by atoms with Gasteiger partial charge in [-0.2, -0.15) is 0 Å². The SMILES string of the molecule is O=C(O)NCC(O)CN1CCC(Cc2ccc(F)cc2)CC1. The smallest absolute Gasteiger partial charge is 0.404 e. The Kier molecular flexibility index (Phi) is 6.15. The van der Waals surface area contributed by atoms with Gasteiger partial charge in [0.2, 0.25) is 0 Å². The quantitative estimate of drug-likeness (QED) is 0.748. The van der Waals surface area contributed by atoms with Crippen molar-refractivity contribution in [1.82, 2.24) is 10.2 Å². The van der Waals surface area contributed by atoms with E-state index in [4.69, 9.17) is 5.11 Å². The fraction of sp³-hybridized carbons (Fsp3) is 0.562. The number of nitrogens with one attached hydrogen (secondary N) is 1. The van der Waals surface area contributed by atoms with Crippen LogP contribution in [0.4, 0.5) is 9.18 Å². The van der Waals surface area contributed by atoms with E-state index < -0.39 is 12.2 Å². The number of halogens is 1. The summed E-state index contributed by atoms with van der Waals surface area (Å²) in [6, 6.07) is 6.67. The zero-order valence-electron chi connectivity index (χ0n) is 12.5. The second kappa shape index (κ2) is 8.10. The van der Waals surface area contributed by atoms with Crippen LogP contribution in [0.25, 0.3) is 0 Å². The average Bonchev–Trinajstić information content (AvgIpc) is 2.49. The normalized spacial score (nSPS) is 18.1. The van der Waals surface area contributed by atoms with Crippen molar-refractivity contribution in [3.8, 4) is 0 Å². The summed E-state index contributed by atoms with van der Waals surface area (Å²) >= 11 is 0. The maximum absolute atomic E-state index is 12.9. The highest BCUT2D eigenvalue weighted by Gasteiger charge is 2.21. The van der Waals surface area contributed by atoms with Gasteiger partial charge in [-0.25, -0.2) is 9.18 Å². The van der Waals surface area contributed by atoms with Crippen molar-refractivity contribution in [2.45, 2.75) is 25.4 Å². The molecule has 0 aromatic heterocycles. The molecule has 1 amide bonds. The van der Waals surface area contributed by atoms with E-state index >= 15 is 0 Å². The topological polar surface area (TPSA) is 72.8 Å². The molecule has 3 N–H and O–H groups in total. The molecule has 1 heterocycles. The third-order valence-electron chi connectivity index (χ3n) is 4.10. The average molecular weight is 310 g/mol. The zero-order chi connectivity index (χ0) is 15.9. The van der Waals surface area contributed by atoms with Gasteiger partial charge >= 0.3 is 6.09 Å². The number of likely N-dealkylation sites (tertiary alicyclic amines) is 1. The van der Waals surface area contributed by atoms with Gasteiger partial charge in [-0.3, -0.25) is 0 Å². The van der Waals surface area contributed by atoms with E-state index in [9.17, 15) is 14.3 Å². The molecule has 1 aromatic rings. The lowest BCUT2D eigenvalue weighted by atomic mass is 9.90. The first-order valence-corrected chi connectivity index (χ1v) is 7.64. The molecule has 0 radical (unpaired) electrons. The Balaban J connectivity index is 1.69. The molecule has 1 saturated heterocycles. The van der Waals surface area contributed by atoms with E-state index in [1.807, 2.05) is 12.1 Å². The van der Waals surface area contributed by atoms with E-state index in [1.165, 1.54) is 12.1 Å². The molecular formula is C16H23FN2O3. The van der Waals surface area contributed by atoms with E-state index in [0.717, 1.165) is 37.9 Å². The van der Waals surface area contributed by atoms with Crippen LogP contribution in [0, 0.1) is 11.7 Å². The molecule has 1 aliphatic heterocycles.